The van der Waals surface area contributed by atoms with Crippen molar-refractivity contribution in [1.82, 2.24) is 5.32 Å². The van der Waals surface area contributed by atoms with E-state index in [-0.39, 0.29) is 24.4 Å². The third kappa shape index (κ3) is 6.24. The molecular formula is C23H29N3O3. The highest BCUT2D eigenvalue weighted by Gasteiger charge is 2.17. The molecule has 0 unspecified atom stereocenters. The largest absolute Gasteiger partial charge is 0.492 e. The molecule has 0 aromatic heterocycles. The van der Waals surface area contributed by atoms with Gasteiger partial charge in [0.25, 0.3) is 5.91 Å². The zero-order valence-corrected chi connectivity index (χ0v) is 16.9. The Labute approximate surface area is 172 Å². The fourth-order valence-electron chi connectivity index (χ4n) is 3.53. The van der Waals surface area contributed by atoms with Crippen LogP contribution in [0.2, 0.25) is 0 Å². The minimum absolute atomic E-state index is 0.0863. The van der Waals surface area contributed by atoms with Gasteiger partial charge >= 0.3 is 0 Å². The number of hydrogen-bond acceptors (Lipinski definition) is 4. The van der Waals surface area contributed by atoms with E-state index in [2.05, 4.69) is 16.0 Å². The summed E-state index contributed by atoms with van der Waals surface area (Å²) in [5.41, 5.74) is 1.93. The first-order chi connectivity index (χ1) is 14.2. The minimum Gasteiger partial charge on any atom is -0.492 e. The van der Waals surface area contributed by atoms with E-state index in [0.29, 0.717) is 23.6 Å². The first kappa shape index (κ1) is 20.7. The molecule has 0 spiro atoms. The molecule has 29 heavy (non-hydrogen) atoms. The summed E-state index contributed by atoms with van der Waals surface area (Å²) in [6.07, 6.45) is 5.66. The van der Waals surface area contributed by atoms with Gasteiger partial charge in [-0.1, -0.05) is 37.5 Å². The first-order valence-corrected chi connectivity index (χ1v) is 10.3. The van der Waals surface area contributed by atoms with Crippen molar-refractivity contribution in [3.8, 4) is 5.75 Å². The second-order valence-corrected chi connectivity index (χ2v) is 7.22. The Morgan fingerprint density at radius 1 is 1.03 bits per heavy atom. The Balaban J connectivity index is 1.54. The highest BCUT2D eigenvalue weighted by molar-refractivity contribution is 5.98. The molecule has 154 valence electrons. The summed E-state index contributed by atoms with van der Waals surface area (Å²) in [6.45, 7) is 2.57. The van der Waals surface area contributed by atoms with Gasteiger partial charge in [0, 0.05) is 17.3 Å². The minimum atomic E-state index is -0.193. The maximum absolute atomic E-state index is 12.5. The topological polar surface area (TPSA) is 79.5 Å². The molecule has 1 aliphatic rings. The number of nitrogens with one attached hydrogen (secondary N) is 3. The Morgan fingerprint density at radius 2 is 1.83 bits per heavy atom. The summed E-state index contributed by atoms with van der Waals surface area (Å²) >= 11 is 0. The number of benzene rings is 2. The maximum atomic E-state index is 12.5. The number of rotatable bonds is 8. The number of anilines is 2. The summed E-state index contributed by atoms with van der Waals surface area (Å²) in [5.74, 6) is 0.432. The lowest BCUT2D eigenvalue weighted by Crippen LogP contribution is -2.36. The van der Waals surface area contributed by atoms with E-state index in [1.54, 1.807) is 24.3 Å². The number of carbonyl (C=O) groups is 2. The molecule has 0 bridgehead atoms. The second-order valence-electron chi connectivity index (χ2n) is 7.22. The van der Waals surface area contributed by atoms with Crippen molar-refractivity contribution in [1.29, 1.82) is 0 Å². The molecule has 2 aromatic rings. The zero-order chi connectivity index (χ0) is 20.5. The van der Waals surface area contributed by atoms with Gasteiger partial charge in [-0.3, -0.25) is 9.59 Å². The van der Waals surface area contributed by atoms with E-state index in [9.17, 15) is 9.59 Å². The van der Waals surface area contributed by atoms with Crippen molar-refractivity contribution < 1.29 is 14.3 Å². The SMILES string of the molecule is CCOc1ccccc1NCC(=O)Nc1cccc(C(=O)NC2CCCCC2)c1. The van der Waals surface area contributed by atoms with Gasteiger partial charge in [0.2, 0.25) is 5.91 Å². The third-order valence-electron chi connectivity index (χ3n) is 4.98. The molecule has 2 amide bonds. The number of carbonyl (C=O) groups excluding carboxylic acids is 2. The van der Waals surface area contributed by atoms with Crippen LogP contribution in [0, 0.1) is 0 Å². The van der Waals surface area contributed by atoms with E-state index in [1.165, 1.54) is 19.3 Å². The lowest BCUT2D eigenvalue weighted by atomic mass is 9.95. The quantitative estimate of drug-likeness (QED) is 0.626. The molecule has 2 aromatic carbocycles. The van der Waals surface area contributed by atoms with Crippen LogP contribution in [0.15, 0.2) is 48.5 Å². The Kier molecular flexibility index (Phi) is 7.50. The lowest BCUT2D eigenvalue weighted by molar-refractivity contribution is -0.114. The second kappa shape index (κ2) is 10.5. The summed E-state index contributed by atoms with van der Waals surface area (Å²) in [4.78, 5) is 24.8. The molecule has 1 fully saturated rings. The van der Waals surface area contributed by atoms with Gasteiger partial charge in [-0.25, -0.2) is 0 Å². The van der Waals surface area contributed by atoms with Crippen molar-refractivity contribution in [2.45, 2.75) is 45.1 Å². The molecule has 1 aliphatic carbocycles. The number of hydrogen-bond donors (Lipinski definition) is 3. The number of ether oxygens (including phenoxy) is 1. The van der Waals surface area contributed by atoms with Gasteiger partial charge in [0.05, 0.1) is 18.8 Å². The summed E-state index contributed by atoms with van der Waals surface area (Å²) in [6, 6.07) is 14.8. The van der Waals surface area contributed by atoms with E-state index in [0.717, 1.165) is 18.5 Å². The van der Waals surface area contributed by atoms with Crippen LogP contribution >= 0.6 is 0 Å². The molecule has 0 heterocycles. The van der Waals surface area contributed by atoms with Gasteiger partial charge in [-0.2, -0.15) is 0 Å². The molecule has 1 saturated carbocycles. The van der Waals surface area contributed by atoms with Gasteiger partial charge in [0.1, 0.15) is 5.75 Å². The van der Waals surface area contributed by atoms with Crippen LogP contribution in [0.1, 0.15) is 49.4 Å². The Hall–Kier alpha value is -3.02. The highest BCUT2D eigenvalue weighted by Crippen LogP contribution is 2.23. The standard InChI is InChI=1S/C23H29N3O3/c1-2-29-21-14-7-6-13-20(21)24-16-22(27)25-19-12-8-9-17(15-19)23(28)26-18-10-4-3-5-11-18/h6-9,12-15,18,24H,2-5,10-11,16H2,1H3,(H,25,27)(H,26,28). The molecular weight excluding hydrogens is 366 g/mol. The number of amides is 2. The van der Waals surface area contributed by atoms with Gasteiger partial charge in [-0.15, -0.1) is 0 Å². The Bertz CT molecular complexity index is 832. The number of para-hydroxylation sites is 2. The molecule has 0 radical (unpaired) electrons. The average molecular weight is 396 g/mol. The first-order valence-electron chi connectivity index (χ1n) is 10.3. The molecule has 3 N–H and O–H groups in total. The fourth-order valence-corrected chi connectivity index (χ4v) is 3.53. The zero-order valence-electron chi connectivity index (χ0n) is 16.9. The van der Waals surface area contributed by atoms with Crippen molar-refractivity contribution in [3.63, 3.8) is 0 Å². The van der Waals surface area contributed by atoms with E-state index >= 15 is 0 Å². The normalized spacial score (nSPS) is 14.1. The third-order valence-corrected chi connectivity index (χ3v) is 4.98. The highest BCUT2D eigenvalue weighted by atomic mass is 16.5. The van der Waals surface area contributed by atoms with Gasteiger partial charge < -0.3 is 20.7 Å². The molecule has 0 atom stereocenters. The smallest absolute Gasteiger partial charge is 0.251 e. The monoisotopic (exact) mass is 395 g/mol. The van der Waals surface area contributed by atoms with Crippen LogP contribution < -0.4 is 20.7 Å². The van der Waals surface area contributed by atoms with Crippen LogP contribution in [0.4, 0.5) is 11.4 Å². The van der Waals surface area contributed by atoms with Crippen molar-refractivity contribution in [3.05, 3.63) is 54.1 Å². The summed E-state index contributed by atoms with van der Waals surface area (Å²) in [5, 5.41) is 9.04. The summed E-state index contributed by atoms with van der Waals surface area (Å²) < 4.78 is 5.55. The van der Waals surface area contributed by atoms with Crippen molar-refractivity contribution in [2.24, 2.45) is 0 Å². The van der Waals surface area contributed by atoms with Crippen LogP contribution in [0.5, 0.6) is 5.75 Å². The maximum Gasteiger partial charge on any atom is 0.251 e. The lowest BCUT2D eigenvalue weighted by Gasteiger charge is -2.22. The molecule has 0 aliphatic heterocycles. The molecule has 6 nitrogen and oxygen atoms in total. The van der Waals surface area contributed by atoms with Gasteiger partial charge in [0.15, 0.2) is 0 Å². The molecule has 0 saturated heterocycles. The predicted octanol–water partition coefficient (Wildman–Crippen LogP) is 4.20. The van der Waals surface area contributed by atoms with Gasteiger partial charge in [-0.05, 0) is 50.1 Å². The molecule has 6 heteroatoms. The van der Waals surface area contributed by atoms with E-state index in [1.807, 2.05) is 31.2 Å². The van der Waals surface area contributed by atoms with Crippen LogP contribution in [0.25, 0.3) is 0 Å². The van der Waals surface area contributed by atoms with Crippen molar-refractivity contribution in [2.75, 3.05) is 23.8 Å². The van der Waals surface area contributed by atoms with Crippen LogP contribution in [-0.4, -0.2) is 31.0 Å². The molecule has 3 rings (SSSR count). The Morgan fingerprint density at radius 3 is 2.62 bits per heavy atom. The average Bonchev–Trinajstić information content (AvgIpc) is 2.74. The summed E-state index contributed by atoms with van der Waals surface area (Å²) in [7, 11) is 0. The fraction of sp³-hybridized carbons (Fsp3) is 0.391. The van der Waals surface area contributed by atoms with Crippen LogP contribution in [0.3, 0.4) is 0 Å². The van der Waals surface area contributed by atoms with E-state index < -0.39 is 0 Å². The predicted molar refractivity (Wildman–Crippen MR) is 116 cm³/mol. The van der Waals surface area contributed by atoms with Crippen molar-refractivity contribution >= 4 is 23.2 Å². The van der Waals surface area contributed by atoms with E-state index in [4.69, 9.17) is 4.74 Å². The van der Waals surface area contributed by atoms with Crippen LogP contribution in [-0.2, 0) is 4.79 Å².